The molecule has 14 heteroatoms. The number of pyridine rings is 1. The smallest absolute Gasteiger partial charge is 0.385 e. The molecular formula is C23H18F4N8O2. The van der Waals surface area contributed by atoms with Crippen molar-refractivity contribution in [3.63, 3.8) is 0 Å². The third kappa shape index (κ3) is 4.61. The molecule has 1 aliphatic heterocycles. The summed E-state index contributed by atoms with van der Waals surface area (Å²) < 4.78 is 76.7. The van der Waals surface area contributed by atoms with Crippen molar-refractivity contribution in [3.05, 3.63) is 71.6 Å². The van der Waals surface area contributed by atoms with E-state index in [0.717, 1.165) is 27.7 Å². The minimum absolute atomic E-state index is 0.0211. The fraction of sp³-hybridized carbons (Fsp3) is 0.217. The van der Waals surface area contributed by atoms with Gasteiger partial charge in [0.2, 0.25) is 0 Å². The number of nitrogens with zero attached hydrogens (tertiary/aromatic N) is 5. The summed E-state index contributed by atoms with van der Waals surface area (Å²) in [6.45, 7) is -2.67. The van der Waals surface area contributed by atoms with Gasteiger partial charge < -0.3 is 16.0 Å². The normalized spacial score (nSPS) is 20.4. The number of carbonyl (C=O) groups is 1. The molecule has 3 aromatic rings. The van der Waals surface area contributed by atoms with Crippen molar-refractivity contribution in [3.8, 4) is 0 Å². The minimum atomic E-state index is -4.72. The van der Waals surface area contributed by atoms with Crippen LogP contribution in [0.2, 0.25) is 0 Å². The van der Waals surface area contributed by atoms with Crippen molar-refractivity contribution in [2.45, 2.75) is 24.8 Å². The van der Waals surface area contributed by atoms with Gasteiger partial charge in [0.25, 0.3) is 5.91 Å². The largest absolute Gasteiger partial charge is 0.433 e. The number of amides is 1. The number of hydrogen-bond donors (Lipinski definition) is 3. The maximum absolute atomic E-state index is 13.3. The Bertz CT molecular complexity index is 1610. The first-order chi connectivity index (χ1) is 18.8. The average Bonchev–Trinajstić information content (AvgIpc) is 3.39. The molecule has 0 aromatic carbocycles. The standard InChI is InChI=1S/C23H18F4N8O2/c1-28-15-9-19(33-35-16(10-29-21(15)35)22(37)31-14-8-12(14)24)30-13-4-3-7-34(17(13)11-36)20-6-2-5-18(32-20)23(25,26)27/h2-7,9-10,12,14,28H,8H2,1H3,(H,30,33)(H,31,37)/t12-,14+/m0/s1/i1D3. The van der Waals surface area contributed by atoms with Crippen LogP contribution in [-0.2, 0) is 11.0 Å². The van der Waals surface area contributed by atoms with E-state index in [-0.39, 0.29) is 46.5 Å². The Morgan fingerprint density at radius 3 is 2.84 bits per heavy atom. The van der Waals surface area contributed by atoms with Crippen molar-refractivity contribution < 1.29 is 31.3 Å². The van der Waals surface area contributed by atoms with Crippen LogP contribution in [-0.4, -0.2) is 50.6 Å². The molecule has 0 radical (unpaired) electrons. The lowest BCUT2D eigenvalue weighted by atomic mass is 10.2. The van der Waals surface area contributed by atoms with Gasteiger partial charge in [-0.05, 0) is 24.3 Å². The quantitative estimate of drug-likeness (QED) is 0.338. The first kappa shape index (κ1) is 20.5. The number of halogens is 4. The Morgan fingerprint density at radius 1 is 1.32 bits per heavy atom. The van der Waals surface area contributed by atoms with Crippen LogP contribution in [0.25, 0.3) is 5.65 Å². The van der Waals surface area contributed by atoms with Gasteiger partial charge in [0.15, 0.2) is 28.8 Å². The number of fused-ring (bicyclic) bond motifs is 1. The molecular weight excluding hydrogens is 496 g/mol. The van der Waals surface area contributed by atoms with E-state index >= 15 is 0 Å². The van der Waals surface area contributed by atoms with Crippen molar-refractivity contribution >= 4 is 34.8 Å². The molecule has 0 unspecified atom stereocenters. The molecule has 1 saturated carbocycles. The van der Waals surface area contributed by atoms with E-state index in [4.69, 9.17) is 4.11 Å². The highest BCUT2D eigenvalue weighted by Crippen LogP contribution is 2.32. The van der Waals surface area contributed by atoms with Crippen LogP contribution >= 0.6 is 0 Å². The van der Waals surface area contributed by atoms with Crippen LogP contribution in [0.1, 0.15) is 26.7 Å². The number of carbonyl (C=O) groups excluding carboxylic acids is 2. The van der Waals surface area contributed by atoms with Crippen LogP contribution in [0.5, 0.6) is 0 Å². The van der Waals surface area contributed by atoms with Crippen LogP contribution in [0.4, 0.5) is 34.9 Å². The van der Waals surface area contributed by atoms with E-state index in [9.17, 15) is 27.2 Å². The summed E-state index contributed by atoms with van der Waals surface area (Å²) in [4.78, 5) is 33.4. The van der Waals surface area contributed by atoms with Gasteiger partial charge in [-0.2, -0.15) is 13.2 Å². The molecule has 0 spiro atoms. The molecule has 0 bridgehead atoms. The van der Waals surface area contributed by atoms with E-state index in [2.05, 4.69) is 31.0 Å². The van der Waals surface area contributed by atoms with Crippen molar-refractivity contribution in [2.24, 2.45) is 0 Å². The Kier molecular flexibility index (Phi) is 5.01. The second-order valence-corrected chi connectivity index (χ2v) is 8.03. The number of anilines is 3. The summed E-state index contributed by atoms with van der Waals surface area (Å²) in [5, 5.41) is 11.9. The summed E-state index contributed by atoms with van der Waals surface area (Å²) >= 11 is 0. The number of rotatable bonds is 6. The van der Waals surface area contributed by atoms with Gasteiger partial charge in [0, 0.05) is 29.8 Å². The Labute approximate surface area is 210 Å². The van der Waals surface area contributed by atoms with E-state index in [1.165, 1.54) is 30.5 Å². The van der Waals surface area contributed by atoms with Crippen molar-refractivity contribution in [1.82, 2.24) is 24.9 Å². The van der Waals surface area contributed by atoms with Crippen LogP contribution < -0.4 is 20.9 Å². The fourth-order valence-corrected chi connectivity index (χ4v) is 3.59. The molecule has 5 rings (SSSR count). The third-order valence-electron chi connectivity index (χ3n) is 5.49. The molecule has 3 N–H and O–H groups in total. The van der Waals surface area contributed by atoms with Gasteiger partial charge in [-0.25, -0.2) is 23.7 Å². The molecule has 0 saturated heterocycles. The second kappa shape index (κ2) is 9.06. The number of imidazole rings is 1. The first-order valence-electron chi connectivity index (χ1n) is 12.2. The molecule has 4 heterocycles. The summed E-state index contributed by atoms with van der Waals surface area (Å²) in [7, 11) is 0. The predicted octanol–water partition coefficient (Wildman–Crippen LogP) is 3.07. The van der Waals surface area contributed by atoms with E-state index in [0.29, 0.717) is 0 Å². The molecule has 1 fully saturated rings. The van der Waals surface area contributed by atoms with Crippen molar-refractivity contribution in [1.29, 1.82) is 0 Å². The summed E-state index contributed by atoms with van der Waals surface area (Å²) in [6.07, 6.45) is -0.456. The predicted molar refractivity (Wildman–Crippen MR) is 125 cm³/mol. The van der Waals surface area contributed by atoms with E-state index < -0.39 is 37.0 Å². The molecule has 190 valence electrons. The van der Waals surface area contributed by atoms with Crippen molar-refractivity contribution in [2.75, 3.05) is 22.5 Å². The average molecular weight is 517 g/mol. The van der Waals surface area contributed by atoms with Gasteiger partial charge in [-0.1, -0.05) is 6.07 Å². The Hall–Kier alpha value is -4.71. The molecule has 1 amide bonds. The van der Waals surface area contributed by atoms with Gasteiger partial charge in [-0.15, -0.1) is 5.10 Å². The topological polar surface area (TPSA) is 117 Å². The number of hydrogen-bond acceptors (Lipinski definition) is 8. The van der Waals surface area contributed by atoms with Crippen LogP contribution in [0, 0.1) is 0 Å². The maximum Gasteiger partial charge on any atom is 0.433 e. The SMILES string of the molecule is [2H]C([2H])([2H])Nc1cc(NC2=CC=CN(c3cccc(C(F)(F)F)n3)C2=C=O)nn2c(C(=O)N[C@@H]3C[C@@H]3F)cnc12. The number of alkyl halides is 4. The summed E-state index contributed by atoms with van der Waals surface area (Å²) in [5.74, 6) is 0.674. The fourth-order valence-electron chi connectivity index (χ4n) is 3.59. The van der Waals surface area contributed by atoms with Crippen LogP contribution in [0.3, 0.4) is 0 Å². The highest BCUT2D eigenvalue weighted by molar-refractivity contribution is 5.94. The monoisotopic (exact) mass is 517 g/mol. The Morgan fingerprint density at radius 2 is 2.14 bits per heavy atom. The lowest BCUT2D eigenvalue weighted by Crippen LogP contribution is -2.28. The third-order valence-corrected chi connectivity index (χ3v) is 5.49. The number of nitrogens with one attached hydrogen (secondary N) is 3. The number of aromatic nitrogens is 4. The number of allylic oxidation sites excluding steroid dienone is 2. The van der Waals surface area contributed by atoms with Gasteiger partial charge in [-0.3, -0.25) is 9.69 Å². The molecule has 2 atom stereocenters. The lowest BCUT2D eigenvalue weighted by Gasteiger charge is -2.25. The molecule has 2 aliphatic rings. The minimum Gasteiger partial charge on any atom is -0.385 e. The second-order valence-electron chi connectivity index (χ2n) is 8.03. The van der Waals surface area contributed by atoms with E-state index in [1.54, 1.807) is 5.94 Å². The highest BCUT2D eigenvalue weighted by atomic mass is 19.4. The molecule has 37 heavy (non-hydrogen) atoms. The van der Waals surface area contributed by atoms with Crippen LogP contribution in [0.15, 0.2) is 60.2 Å². The zero-order valence-electron chi connectivity index (χ0n) is 21.5. The van der Waals surface area contributed by atoms with Gasteiger partial charge >= 0.3 is 6.18 Å². The maximum atomic E-state index is 13.3. The Balaban J connectivity index is 1.50. The lowest BCUT2D eigenvalue weighted by molar-refractivity contribution is -0.141. The zero-order valence-corrected chi connectivity index (χ0v) is 18.5. The van der Waals surface area contributed by atoms with E-state index in [1.807, 2.05) is 0 Å². The molecule has 3 aromatic heterocycles. The van der Waals surface area contributed by atoms with Gasteiger partial charge in [0.05, 0.1) is 23.6 Å². The summed E-state index contributed by atoms with van der Waals surface area (Å²) in [6, 6.07) is 3.77. The molecule has 10 nitrogen and oxygen atoms in total. The highest BCUT2D eigenvalue weighted by Gasteiger charge is 2.39. The summed E-state index contributed by atoms with van der Waals surface area (Å²) in [5.41, 5.74) is -1.62. The first-order valence-corrected chi connectivity index (χ1v) is 10.7. The zero-order chi connectivity index (χ0) is 28.8. The van der Waals surface area contributed by atoms with Gasteiger partial charge in [0.1, 0.15) is 17.7 Å². The molecule has 1 aliphatic carbocycles.